The molecule has 0 saturated carbocycles. The van der Waals surface area contributed by atoms with E-state index in [0.29, 0.717) is 10.8 Å². The van der Waals surface area contributed by atoms with E-state index in [-0.39, 0.29) is 24.3 Å². The van der Waals surface area contributed by atoms with E-state index < -0.39 is 5.97 Å². The average Bonchev–Trinajstić information content (AvgIpc) is 2.60. The van der Waals surface area contributed by atoms with Crippen LogP contribution in [-0.4, -0.2) is 26.0 Å². The Morgan fingerprint density at radius 3 is 2.48 bits per heavy atom. The van der Waals surface area contributed by atoms with Gasteiger partial charge in [0, 0.05) is 5.39 Å². The number of carboxylic acid groups (broad SMARTS) is 1. The van der Waals surface area contributed by atoms with Crippen LogP contribution in [-0.2, 0) is 11.3 Å². The highest BCUT2D eigenvalue weighted by molar-refractivity contribution is 5.84. The monoisotopic (exact) mass is 336 g/mol. The van der Waals surface area contributed by atoms with Crippen LogP contribution in [0.25, 0.3) is 22.9 Å². The molecule has 0 unspecified atom stereocenters. The molecule has 0 saturated heterocycles. The first-order chi connectivity index (χ1) is 12.0. The van der Waals surface area contributed by atoms with Gasteiger partial charge in [0.25, 0.3) is 5.56 Å². The maximum atomic E-state index is 12.3. The minimum atomic E-state index is -0.969. The fourth-order valence-electron chi connectivity index (χ4n) is 2.45. The largest absolute Gasteiger partial charge is 0.508 e. The number of aromatic hydroxyl groups is 1. The van der Waals surface area contributed by atoms with Gasteiger partial charge in [-0.1, -0.05) is 30.4 Å². The molecule has 0 spiro atoms. The van der Waals surface area contributed by atoms with Crippen molar-refractivity contribution in [1.29, 1.82) is 0 Å². The van der Waals surface area contributed by atoms with Crippen LogP contribution in [0.2, 0.25) is 0 Å². The zero-order valence-electron chi connectivity index (χ0n) is 13.3. The van der Waals surface area contributed by atoms with Gasteiger partial charge < -0.3 is 10.2 Å². The average molecular weight is 336 g/mol. The van der Waals surface area contributed by atoms with Crippen LogP contribution in [0.5, 0.6) is 5.75 Å². The first-order valence-corrected chi connectivity index (χ1v) is 7.72. The molecule has 0 atom stereocenters. The molecule has 0 aliphatic carbocycles. The van der Waals surface area contributed by atoms with Crippen molar-refractivity contribution in [3.05, 3.63) is 70.1 Å². The molecule has 3 rings (SSSR count). The summed E-state index contributed by atoms with van der Waals surface area (Å²) in [5.74, 6) is -0.753. The molecule has 2 aromatic carbocycles. The van der Waals surface area contributed by atoms with Crippen LogP contribution >= 0.6 is 0 Å². The Balaban J connectivity index is 1.87. The third-order valence-corrected chi connectivity index (χ3v) is 3.78. The van der Waals surface area contributed by atoms with Crippen molar-refractivity contribution in [2.24, 2.45) is 0 Å². The third kappa shape index (κ3) is 3.92. The van der Waals surface area contributed by atoms with Gasteiger partial charge in [0.15, 0.2) is 0 Å². The number of fused-ring (bicyclic) bond motifs is 1. The highest BCUT2D eigenvalue weighted by atomic mass is 16.4. The molecule has 0 aliphatic heterocycles. The summed E-state index contributed by atoms with van der Waals surface area (Å²) in [6.07, 6.45) is 5.23. The lowest BCUT2D eigenvalue weighted by Gasteiger charge is -2.05. The number of hydrogen-bond acceptors (Lipinski definition) is 4. The number of carboxylic acids is 1. The minimum Gasteiger partial charge on any atom is -0.508 e. The van der Waals surface area contributed by atoms with E-state index >= 15 is 0 Å². The number of aryl methyl sites for hydroxylation is 1. The molecule has 0 aliphatic rings. The van der Waals surface area contributed by atoms with Gasteiger partial charge in [-0.2, -0.15) is 5.10 Å². The van der Waals surface area contributed by atoms with E-state index in [4.69, 9.17) is 5.11 Å². The molecule has 3 aromatic rings. The zero-order chi connectivity index (χ0) is 17.8. The molecule has 0 amide bonds. The number of hydrogen-bond donors (Lipinski definition) is 2. The molecule has 126 valence electrons. The highest BCUT2D eigenvalue weighted by Gasteiger charge is 2.06. The fourth-order valence-corrected chi connectivity index (χ4v) is 2.45. The Morgan fingerprint density at radius 2 is 1.76 bits per heavy atom. The normalized spacial score (nSPS) is 11.2. The van der Waals surface area contributed by atoms with E-state index in [0.717, 1.165) is 11.1 Å². The summed E-state index contributed by atoms with van der Waals surface area (Å²) in [6, 6.07) is 12.2. The molecule has 6 heteroatoms. The number of phenols is 1. The summed E-state index contributed by atoms with van der Waals surface area (Å²) in [5.41, 5.74) is 1.55. The first kappa shape index (κ1) is 16.4. The van der Waals surface area contributed by atoms with Gasteiger partial charge in [-0.05, 0) is 35.4 Å². The van der Waals surface area contributed by atoms with Gasteiger partial charge in [-0.3, -0.25) is 9.59 Å². The maximum Gasteiger partial charge on any atom is 0.305 e. The van der Waals surface area contributed by atoms with Crippen LogP contribution < -0.4 is 5.56 Å². The molecular weight excluding hydrogens is 320 g/mol. The Labute approximate surface area is 143 Å². The predicted octanol–water partition coefficient (Wildman–Crippen LogP) is 2.75. The number of aliphatic carboxylic acids is 1. The Bertz CT molecular complexity index is 1000. The van der Waals surface area contributed by atoms with Crippen molar-refractivity contribution in [2.75, 3.05) is 0 Å². The molecule has 0 radical (unpaired) electrons. The van der Waals surface area contributed by atoms with Gasteiger partial charge in [-0.15, -0.1) is 0 Å². The standard InChI is InChI=1S/C19H16N2O4/c22-16-6-3-13(4-7-16)1-2-14-5-8-17-15(11-14)12-20-21(19(17)25)10-9-18(23)24/h1-8,11-12,22H,9-10H2,(H,23,24). The lowest BCUT2D eigenvalue weighted by Crippen LogP contribution is -2.23. The molecule has 6 nitrogen and oxygen atoms in total. The molecular formula is C19H16N2O4. The van der Waals surface area contributed by atoms with Gasteiger partial charge >= 0.3 is 5.97 Å². The highest BCUT2D eigenvalue weighted by Crippen LogP contribution is 2.16. The van der Waals surface area contributed by atoms with Gasteiger partial charge in [0.05, 0.1) is 24.5 Å². The molecule has 1 heterocycles. The van der Waals surface area contributed by atoms with Crippen LogP contribution in [0.1, 0.15) is 17.5 Å². The molecule has 2 N–H and O–H groups in total. The van der Waals surface area contributed by atoms with E-state index in [2.05, 4.69) is 5.10 Å². The first-order valence-electron chi connectivity index (χ1n) is 7.72. The van der Waals surface area contributed by atoms with Crippen LogP contribution in [0.4, 0.5) is 0 Å². The summed E-state index contributed by atoms with van der Waals surface area (Å²) in [5, 5.41) is 23.2. The van der Waals surface area contributed by atoms with Gasteiger partial charge in [0.2, 0.25) is 0 Å². The number of phenolic OH excluding ortho intramolecular Hbond substituents is 1. The summed E-state index contributed by atoms with van der Waals surface area (Å²) in [7, 11) is 0. The fraction of sp³-hybridized carbons (Fsp3) is 0.105. The van der Waals surface area contributed by atoms with Crippen LogP contribution in [0.3, 0.4) is 0 Å². The van der Waals surface area contributed by atoms with Crippen molar-refractivity contribution in [2.45, 2.75) is 13.0 Å². The van der Waals surface area contributed by atoms with E-state index in [1.807, 2.05) is 24.3 Å². The lowest BCUT2D eigenvalue weighted by molar-refractivity contribution is -0.137. The van der Waals surface area contributed by atoms with E-state index in [1.165, 1.54) is 4.68 Å². The smallest absolute Gasteiger partial charge is 0.305 e. The zero-order valence-corrected chi connectivity index (χ0v) is 13.3. The van der Waals surface area contributed by atoms with Crippen molar-refractivity contribution < 1.29 is 15.0 Å². The summed E-state index contributed by atoms with van der Waals surface area (Å²) in [4.78, 5) is 23.0. The van der Waals surface area contributed by atoms with E-state index in [9.17, 15) is 14.7 Å². The number of nitrogens with zero attached hydrogens (tertiary/aromatic N) is 2. The Kier molecular flexibility index (Phi) is 4.61. The predicted molar refractivity (Wildman–Crippen MR) is 95.3 cm³/mol. The third-order valence-electron chi connectivity index (χ3n) is 3.78. The molecule has 0 fully saturated rings. The van der Waals surface area contributed by atoms with E-state index in [1.54, 1.807) is 36.5 Å². The summed E-state index contributed by atoms with van der Waals surface area (Å²) >= 11 is 0. The SMILES string of the molecule is O=C(O)CCn1ncc2cc(C=Cc3ccc(O)cc3)ccc2c1=O. The number of aromatic nitrogens is 2. The summed E-state index contributed by atoms with van der Waals surface area (Å²) < 4.78 is 1.17. The van der Waals surface area contributed by atoms with Crippen molar-refractivity contribution in [3.8, 4) is 5.75 Å². The minimum absolute atomic E-state index is 0.0482. The van der Waals surface area contributed by atoms with Crippen molar-refractivity contribution in [3.63, 3.8) is 0 Å². The van der Waals surface area contributed by atoms with Crippen LogP contribution in [0.15, 0.2) is 53.5 Å². The summed E-state index contributed by atoms with van der Waals surface area (Å²) in [6.45, 7) is 0.0482. The number of rotatable bonds is 5. The molecule has 0 bridgehead atoms. The second-order valence-electron chi connectivity index (χ2n) is 5.59. The van der Waals surface area contributed by atoms with Crippen LogP contribution in [0, 0.1) is 0 Å². The van der Waals surface area contributed by atoms with Crippen molar-refractivity contribution in [1.82, 2.24) is 9.78 Å². The van der Waals surface area contributed by atoms with Gasteiger partial charge in [0.1, 0.15) is 5.75 Å². The Hall–Kier alpha value is -3.41. The maximum absolute atomic E-state index is 12.3. The molecule has 1 aromatic heterocycles. The molecule has 25 heavy (non-hydrogen) atoms. The second kappa shape index (κ2) is 7.00. The topological polar surface area (TPSA) is 92.4 Å². The number of carbonyl (C=O) groups is 1. The Morgan fingerprint density at radius 1 is 1.08 bits per heavy atom. The quantitative estimate of drug-likeness (QED) is 0.699. The lowest BCUT2D eigenvalue weighted by atomic mass is 10.1. The number of benzene rings is 2. The second-order valence-corrected chi connectivity index (χ2v) is 5.59. The van der Waals surface area contributed by atoms with Crippen molar-refractivity contribution >= 4 is 28.9 Å². The van der Waals surface area contributed by atoms with Gasteiger partial charge in [-0.25, -0.2) is 4.68 Å².